The van der Waals surface area contributed by atoms with Crippen molar-refractivity contribution in [2.75, 3.05) is 11.6 Å². The Labute approximate surface area is 195 Å². The van der Waals surface area contributed by atoms with Gasteiger partial charge in [0.15, 0.2) is 0 Å². The fourth-order valence-electron chi connectivity index (χ4n) is 2.45. The summed E-state index contributed by atoms with van der Waals surface area (Å²) in [7, 11) is -1.32. The Morgan fingerprint density at radius 2 is 1.84 bits per heavy atom. The number of amides is 1. The lowest BCUT2D eigenvalue weighted by Crippen LogP contribution is -2.14. The molecule has 0 fully saturated rings. The van der Waals surface area contributed by atoms with Crippen LogP contribution in [-0.2, 0) is 17.2 Å². The monoisotopic (exact) mass is 482 g/mol. The number of rotatable bonds is 5. The highest BCUT2D eigenvalue weighted by atomic mass is 35.5. The van der Waals surface area contributed by atoms with E-state index in [9.17, 15) is 13.4 Å². The third-order valence-corrected chi connectivity index (χ3v) is 6.10. The van der Waals surface area contributed by atoms with E-state index in [-0.39, 0.29) is 5.56 Å². The Bertz CT molecular complexity index is 1040. The number of halogens is 2. The van der Waals surface area contributed by atoms with E-state index in [1.165, 1.54) is 18.4 Å². The van der Waals surface area contributed by atoms with Crippen LogP contribution in [0, 0.1) is 5.82 Å². The van der Waals surface area contributed by atoms with Gasteiger partial charge in [0, 0.05) is 38.6 Å². The van der Waals surface area contributed by atoms with Crippen LogP contribution in [0.15, 0.2) is 46.7 Å². The predicted molar refractivity (Wildman–Crippen MR) is 131 cm³/mol. The first-order chi connectivity index (χ1) is 14.9. The van der Waals surface area contributed by atoms with Crippen molar-refractivity contribution >= 4 is 45.3 Å². The molecule has 0 radical (unpaired) electrons. The highest BCUT2D eigenvalue weighted by molar-refractivity contribution is 7.84. The molecule has 1 aromatic heterocycles. The summed E-state index contributed by atoms with van der Waals surface area (Å²) >= 11 is 7.91. The Balaban J connectivity index is 0.00000113. The molecule has 1 unspecified atom stereocenters. The fourth-order valence-corrected chi connectivity index (χ4v) is 4.01. The van der Waals surface area contributed by atoms with Gasteiger partial charge in [-0.15, -0.1) is 11.3 Å². The summed E-state index contributed by atoms with van der Waals surface area (Å²) in [5.41, 5.74) is 1.87. The van der Waals surface area contributed by atoms with Crippen molar-refractivity contribution in [1.29, 1.82) is 0 Å². The van der Waals surface area contributed by atoms with E-state index in [4.69, 9.17) is 11.6 Å². The van der Waals surface area contributed by atoms with Crippen LogP contribution in [0.3, 0.4) is 0 Å². The molecule has 3 rings (SSSR count). The minimum Gasteiger partial charge on any atom is -0.322 e. The number of aryl methyl sites for hydroxylation is 1. The number of nitrogens with zero attached hydrogens (tertiary/aromatic N) is 1. The van der Waals surface area contributed by atoms with E-state index in [1.54, 1.807) is 29.5 Å². The SMILES string of the molecule is CC.CC.CCc1nc(-c2ccc(NC(=O)c3ccc(S(C)=O)cc3F)cc2Cl)cs1. The van der Waals surface area contributed by atoms with Gasteiger partial charge in [-0.3, -0.25) is 9.00 Å². The van der Waals surface area contributed by atoms with Crippen LogP contribution in [0.2, 0.25) is 5.02 Å². The van der Waals surface area contributed by atoms with Gasteiger partial charge in [-0.25, -0.2) is 9.37 Å². The summed E-state index contributed by atoms with van der Waals surface area (Å²) < 4.78 is 25.5. The van der Waals surface area contributed by atoms with Crippen LogP contribution in [0.4, 0.5) is 10.1 Å². The van der Waals surface area contributed by atoms with Gasteiger partial charge in [0.1, 0.15) is 5.82 Å². The van der Waals surface area contributed by atoms with Crippen LogP contribution >= 0.6 is 22.9 Å². The summed E-state index contributed by atoms with van der Waals surface area (Å²) in [6, 6.07) is 8.96. The largest absolute Gasteiger partial charge is 0.322 e. The zero-order chi connectivity index (χ0) is 23.6. The Hall–Kier alpha value is -2.09. The molecule has 4 nitrogen and oxygen atoms in total. The molecule has 1 heterocycles. The molecule has 0 aliphatic heterocycles. The molecule has 1 atom stereocenters. The summed E-state index contributed by atoms with van der Waals surface area (Å²) in [6.07, 6.45) is 2.30. The number of benzene rings is 2. The first-order valence-corrected chi connectivity index (χ1v) is 12.9. The number of carbonyl (C=O) groups is 1. The summed E-state index contributed by atoms with van der Waals surface area (Å²) in [5, 5.41) is 6.03. The molecule has 2 aromatic carbocycles. The molecular weight excluding hydrogens is 455 g/mol. The molecule has 31 heavy (non-hydrogen) atoms. The average molecular weight is 483 g/mol. The standard InChI is InChI=1S/C19H16ClFN2O2S2.2C2H6/c1-3-18-23-17(10-26-18)13-6-4-11(8-15(13)20)22-19(24)14-7-5-12(27(2)25)9-16(14)21;2*1-2/h4-10H,3H2,1-2H3,(H,22,24);2*1-2H3. The van der Waals surface area contributed by atoms with Crippen LogP contribution in [-0.4, -0.2) is 21.4 Å². The number of nitrogens with one attached hydrogen (secondary N) is 1. The molecule has 3 aromatic rings. The fraction of sp³-hybridized carbons (Fsp3) is 0.304. The minimum atomic E-state index is -1.32. The van der Waals surface area contributed by atoms with Crippen LogP contribution in [0.5, 0.6) is 0 Å². The zero-order valence-corrected chi connectivity index (χ0v) is 21.0. The smallest absolute Gasteiger partial charge is 0.258 e. The third-order valence-electron chi connectivity index (χ3n) is 3.87. The maximum Gasteiger partial charge on any atom is 0.258 e. The van der Waals surface area contributed by atoms with Gasteiger partial charge in [0.05, 0.1) is 21.3 Å². The Kier molecular flexibility index (Phi) is 11.6. The lowest BCUT2D eigenvalue weighted by atomic mass is 10.1. The first-order valence-electron chi connectivity index (χ1n) is 10.1. The lowest BCUT2D eigenvalue weighted by molar-refractivity contribution is 0.102. The van der Waals surface area contributed by atoms with Crippen molar-refractivity contribution in [1.82, 2.24) is 4.98 Å². The molecule has 1 amide bonds. The van der Waals surface area contributed by atoms with Crippen LogP contribution in [0.1, 0.15) is 50.0 Å². The maximum atomic E-state index is 14.1. The highest BCUT2D eigenvalue weighted by Gasteiger charge is 2.15. The van der Waals surface area contributed by atoms with Crippen molar-refractivity contribution < 1.29 is 13.4 Å². The van der Waals surface area contributed by atoms with Gasteiger partial charge in [-0.2, -0.15) is 0 Å². The minimum absolute atomic E-state index is 0.128. The van der Waals surface area contributed by atoms with Gasteiger partial charge in [-0.05, 0) is 42.8 Å². The number of hydrogen-bond acceptors (Lipinski definition) is 4. The van der Waals surface area contributed by atoms with E-state index in [1.807, 2.05) is 40.0 Å². The molecular formula is C23H28ClFN2O2S2. The van der Waals surface area contributed by atoms with Crippen LogP contribution in [0.25, 0.3) is 11.3 Å². The molecule has 0 aliphatic carbocycles. The molecule has 1 N–H and O–H groups in total. The highest BCUT2D eigenvalue weighted by Crippen LogP contribution is 2.31. The number of aromatic nitrogens is 1. The normalized spacial score (nSPS) is 10.8. The molecule has 8 heteroatoms. The van der Waals surface area contributed by atoms with E-state index in [0.717, 1.165) is 28.8 Å². The van der Waals surface area contributed by atoms with Crippen molar-refractivity contribution in [3.8, 4) is 11.3 Å². The Morgan fingerprint density at radius 1 is 1.16 bits per heavy atom. The second-order valence-electron chi connectivity index (χ2n) is 5.72. The van der Waals surface area contributed by atoms with E-state index in [0.29, 0.717) is 15.6 Å². The zero-order valence-electron chi connectivity index (χ0n) is 18.6. The van der Waals surface area contributed by atoms with Crippen molar-refractivity contribution in [2.24, 2.45) is 0 Å². The van der Waals surface area contributed by atoms with E-state index in [2.05, 4.69) is 10.3 Å². The maximum absolute atomic E-state index is 14.1. The number of hydrogen-bond donors (Lipinski definition) is 1. The van der Waals surface area contributed by atoms with E-state index < -0.39 is 22.5 Å². The van der Waals surface area contributed by atoms with Crippen LogP contribution < -0.4 is 5.32 Å². The molecule has 0 bridgehead atoms. The third kappa shape index (κ3) is 7.23. The molecule has 0 saturated heterocycles. The topological polar surface area (TPSA) is 59.1 Å². The van der Waals surface area contributed by atoms with Crippen molar-refractivity contribution in [3.63, 3.8) is 0 Å². The summed E-state index contributed by atoms with van der Waals surface area (Å²) in [6.45, 7) is 10.0. The molecule has 0 spiro atoms. The second-order valence-corrected chi connectivity index (χ2v) is 8.45. The Morgan fingerprint density at radius 3 is 2.35 bits per heavy atom. The van der Waals surface area contributed by atoms with Crippen molar-refractivity contribution in [3.05, 3.63) is 63.2 Å². The number of thiazole rings is 1. The average Bonchev–Trinajstić information content (AvgIpc) is 3.25. The molecule has 0 saturated carbocycles. The van der Waals surface area contributed by atoms with Gasteiger partial charge < -0.3 is 5.32 Å². The summed E-state index contributed by atoms with van der Waals surface area (Å²) in [4.78, 5) is 17.2. The number of carbonyl (C=O) groups excluding carboxylic acids is 1. The van der Waals surface area contributed by atoms with Gasteiger partial charge >= 0.3 is 0 Å². The predicted octanol–water partition coefficient (Wildman–Crippen LogP) is 7.21. The lowest BCUT2D eigenvalue weighted by Gasteiger charge is -2.09. The number of anilines is 1. The second kappa shape index (κ2) is 13.3. The molecule has 0 aliphatic rings. The molecule has 168 valence electrons. The van der Waals surface area contributed by atoms with Gasteiger partial charge in [0.2, 0.25) is 0 Å². The first kappa shape index (κ1) is 26.9. The quantitative estimate of drug-likeness (QED) is 0.418. The summed E-state index contributed by atoms with van der Waals surface area (Å²) in [5.74, 6) is -1.33. The van der Waals surface area contributed by atoms with E-state index >= 15 is 0 Å². The van der Waals surface area contributed by atoms with Gasteiger partial charge in [-0.1, -0.05) is 46.2 Å². The van der Waals surface area contributed by atoms with Gasteiger partial charge in [0.25, 0.3) is 5.91 Å². The van der Waals surface area contributed by atoms with Crippen molar-refractivity contribution in [2.45, 2.75) is 45.9 Å².